The molecular formula is C21H3F8N3. The van der Waals surface area contributed by atoms with Gasteiger partial charge in [-0.05, 0) is 22.9 Å². The number of rotatable bonds is 0. The van der Waals surface area contributed by atoms with E-state index in [0.29, 0.717) is 0 Å². The van der Waals surface area contributed by atoms with Crippen LogP contribution in [0.4, 0.5) is 35.1 Å². The number of nitriles is 1. The minimum absolute atomic E-state index is 0.276. The summed E-state index contributed by atoms with van der Waals surface area (Å²) in [6.45, 7) is 0. The summed E-state index contributed by atoms with van der Waals surface area (Å²) < 4.78 is 113. The first kappa shape index (κ1) is 19.9. The maximum atomic E-state index is 14.6. The second-order valence-electron chi connectivity index (χ2n) is 6.89. The van der Waals surface area contributed by atoms with Crippen LogP contribution in [0.15, 0.2) is 17.1 Å². The molecule has 0 saturated carbocycles. The number of hydrogen-bond donors (Lipinski definition) is 1. The zero-order valence-corrected chi connectivity index (χ0v) is 15.1. The predicted octanol–water partition coefficient (Wildman–Crippen LogP) is 5.15. The zero-order chi connectivity index (χ0) is 23.2. The first-order valence-electron chi connectivity index (χ1n) is 8.59. The van der Waals surface area contributed by atoms with Gasteiger partial charge in [0.15, 0.2) is 46.5 Å². The molecule has 0 spiro atoms. The van der Waals surface area contributed by atoms with E-state index in [-0.39, 0.29) is 10.8 Å². The van der Waals surface area contributed by atoms with Crippen LogP contribution in [0, 0.1) is 63.4 Å². The van der Waals surface area contributed by atoms with E-state index in [4.69, 9.17) is 10.7 Å². The Morgan fingerprint density at radius 2 is 0.969 bits per heavy atom. The third-order valence-corrected chi connectivity index (χ3v) is 5.40. The van der Waals surface area contributed by atoms with Crippen LogP contribution < -0.4 is 10.7 Å². The van der Waals surface area contributed by atoms with E-state index in [1.165, 1.54) is 6.19 Å². The van der Waals surface area contributed by atoms with Crippen molar-refractivity contribution >= 4 is 43.1 Å². The third kappa shape index (κ3) is 2.13. The molecule has 1 N–H and O–H groups in total. The lowest BCUT2D eigenvalue weighted by Crippen LogP contribution is -2.05. The normalized spacial score (nSPS) is 12.7. The summed E-state index contributed by atoms with van der Waals surface area (Å²) in [6, 6.07) is 1.82. The van der Waals surface area contributed by atoms with Crippen LogP contribution in [-0.2, 0) is 0 Å². The van der Waals surface area contributed by atoms with Gasteiger partial charge in [-0.15, -0.1) is 0 Å². The number of nitrogens with one attached hydrogen (secondary N) is 1. The Labute approximate surface area is 170 Å². The van der Waals surface area contributed by atoms with Crippen LogP contribution in [0.5, 0.6) is 0 Å². The van der Waals surface area contributed by atoms with E-state index in [9.17, 15) is 35.1 Å². The van der Waals surface area contributed by atoms with E-state index < -0.39 is 89.6 Å². The molecule has 0 heterocycles. The van der Waals surface area contributed by atoms with Crippen LogP contribution in [0.25, 0.3) is 43.1 Å². The number of fused-ring (bicyclic) bond motifs is 6. The molecule has 0 saturated heterocycles. The minimum atomic E-state index is -2.16. The summed E-state index contributed by atoms with van der Waals surface area (Å²) >= 11 is 0. The van der Waals surface area contributed by atoms with Gasteiger partial charge in [-0.1, -0.05) is 0 Å². The van der Waals surface area contributed by atoms with Crippen molar-refractivity contribution in [1.29, 1.82) is 10.7 Å². The summed E-state index contributed by atoms with van der Waals surface area (Å²) in [6.07, 6.45) is 1.31. The monoisotopic (exact) mass is 449 g/mol. The molecule has 0 aromatic heterocycles. The van der Waals surface area contributed by atoms with Crippen LogP contribution in [0.3, 0.4) is 0 Å². The molecule has 5 aromatic rings. The topological polar surface area (TPSA) is 60.0 Å². The van der Waals surface area contributed by atoms with Gasteiger partial charge in [0.05, 0.1) is 16.1 Å². The predicted molar refractivity (Wildman–Crippen MR) is 95.5 cm³/mol. The fourth-order valence-electron chi connectivity index (χ4n) is 4.08. The van der Waals surface area contributed by atoms with Crippen LogP contribution in [0.2, 0.25) is 0 Å². The standard InChI is InChI=1S/C21H3F8N3/c22-12-8-4-1-5-7(2-6(4)20(31)10(8)14(24)18(28)16(12)26)21(32-3-30)11-9(5)13(23)17(27)19(29)15(11)25/h1-2,31H. The average molecular weight is 449 g/mol. The van der Waals surface area contributed by atoms with E-state index in [1.54, 1.807) is 0 Å². The maximum Gasteiger partial charge on any atom is 0.206 e. The van der Waals surface area contributed by atoms with Crippen molar-refractivity contribution in [3.05, 3.63) is 69.4 Å². The van der Waals surface area contributed by atoms with E-state index in [2.05, 4.69) is 4.99 Å². The lowest BCUT2D eigenvalue weighted by molar-refractivity contribution is 0.418. The van der Waals surface area contributed by atoms with Crippen molar-refractivity contribution in [2.45, 2.75) is 0 Å². The number of nitrogens with zero attached hydrogens (tertiary/aromatic N) is 2. The number of hydrogen-bond acceptors (Lipinski definition) is 3. The van der Waals surface area contributed by atoms with E-state index in [1.807, 2.05) is 0 Å². The molecule has 0 amide bonds. The zero-order valence-electron chi connectivity index (χ0n) is 15.1. The van der Waals surface area contributed by atoms with Gasteiger partial charge in [-0.25, -0.2) is 35.1 Å². The van der Waals surface area contributed by atoms with Crippen molar-refractivity contribution in [3.63, 3.8) is 0 Å². The van der Waals surface area contributed by atoms with Gasteiger partial charge in [-0.3, -0.25) is 5.41 Å². The van der Waals surface area contributed by atoms with Crippen LogP contribution in [0.1, 0.15) is 0 Å². The first-order chi connectivity index (χ1) is 15.1. The summed E-state index contributed by atoms with van der Waals surface area (Å²) in [5.74, 6) is -16.0. The SMILES string of the molecule is N#CN=c1c2cc3c(=N)c4c(F)c(F)c(F)c(F)c4c3cc2c2c(F)c(F)c(F)c(F)c12. The molecule has 0 bridgehead atoms. The van der Waals surface area contributed by atoms with Gasteiger partial charge >= 0.3 is 0 Å². The quantitative estimate of drug-likeness (QED) is 0.151. The Balaban J connectivity index is 2.19. The Hall–Kier alpha value is -4.07. The molecule has 5 rings (SSSR count). The van der Waals surface area contributed by atoms with Gasteiger partial charge in [-0.2, -0.15) is 10.3 Å². The molecule has 3 nitrogen and oxygen atoms in total. The lowest BCUT2D eigenvalue weighted by atomic mass is 10.1. The lowest BCUT2D eigenvalue weighted by Gasteiger charge is -2.02. The van der Waals surface area contributed by atoms with E-state index >= 15 is 0 Å². The maximum absolute atomic E-state index is 14.6. The molecule has 0 atom stereocenters. The molecule has 5 aromatic carbocycles. The molecule has 0 aliphatic heterocycles. The molecule has 0 aliphatic rings. The molecule has 11 heteroatoms. The largest absolute Gasteiger partial charge is 0.299 e. The molecule has 0 unspecified atom stereocenters. The Morgan fingerprint density at radius 3 is 1.50 bits per heavy atom. The molecular weight excluding hydrogens is 446 g/mol. The highest BCUT2D eigenvalue weighted by Crippen LogP contribution is 2.37. The first-order valence-corrected chi connectivity index (χ1v) is 8.59. The van der Waals surface area contributed by atoms with Crippen molar-refractivity contribution in [2.75, 3.05) is 0 Å². The summed E-state index contributed by atoms with van der Waals surface area (Å²) in [7, 11) is 0. The van der Waals surface area contributed by atoms with Crippen molar-refractivity contribution < 1.29 is 35.1 Å². The summed E-state index contributed by atoms with van der Waals surface area (Å²) in [5, 5.41) is 10.8. The highest BCUT2D eigenvalue weighted by atomic mass is 19.2. The molecule has 0 fully saturated rings. The van der Waals surface area contributed by atoms with Crippen molar-refractivity contribution in [1.82, 2.24) is 0 Å². The smallest absolute Gasteiger partial charge is 0.206 e. The Morgan fingerprint density at radius 1 is 0.562 bits per heavy atom. The fraction of sp³-hybridized carbons (Fsp3) is 0. The second-order valence-corrected chi connectivity index (χ2v) is 6.89. The Bertz CT molecular complexity index is 1840. The van der Waals surface area contributed by atoms with Gasteiger partial charge in [0.2, 0.25) is 6.19 Å². The number of halogens is 8. The fourth-order valence-corrected chi connectivity index (χ4v) is 4.08. The van der Waals surface area contributed by atoms with Gasteiger partial charge in [0, 0.05) is 26.9 Å². The molecule has 158 valence electrons. The Kier molecular flexibility index (Phi) is 3.87. The van der Waals surface area contributed by atoms with Crippen LogP contribution >= 0.6 is 0 Å². The van der Waals surface area contributed by atoms with Crippen molar-refractivity contribution in [3.8, 4) is 6.19 Å². The molecule has 0 aliphatic carbocycles. The van der Waals surface area contributed by atoms with Crippen LogP contribution in [-0.4, -0.2) is 0 Å². The van der Waals surface area contributed by atoms with Crippen molar-refractivity contribution in [2.24, 2.45) is 4.99 Å². The molecule has 0 radical (unpaired) electrons. The van der Waals surface area contributed by atoms with Gasteiger partial charge < -0.3 is 0 Å². The highest BCUT2D eigenvalue weighted by Gasteiger charge is 2.29. The van der Waals surface area contributed by atoms with Gasteiger partial charge in [0.1, 0.15) is 0 Å². The summed E-state index contributed by atoms with van der Waals surface area (Å²) in [5.41, 5.74) is 0. The highest BCUT2D eigenvalue weighted by molar-refractivity contribution is 6.21. The average Bonchev–Trinajstić information content (AvgIpc) is 3.24. The molecule has 32 heavy (non-hydrogen) atoms. The minimum Gasteiger partial charge on any atom is -0.299 e. The number of benzene rings is 3. The van der Waals surface area contributed by atoms with E-state index in [0.717, 1.165) is 12.1 Å². The van der Waals surface area contributed by atoms with Gasteiger partial charge in [0.25, 0.3) is 0 Å². The third-order valence-electron chi connectivity index (χ3n) is 5.40. The summed E-state index contributed by atoms with van der Waals surface area (Å²) in [4.78, 5) is 3.33. The second kappa shape index (κ2) is 6.23.